The topological polar surface area (TPSA) is 110 Å². The lowest BCUT2D eigenvalue weighted by Crippen LogP contribution is -2.45. The Balaban J connectivity index is 0.00000320. The van der Waals surface area contributed by atoms with Crippen LogP contribution in [0.25, 0.3) is 10.4 Å². The summed E-state index contributed by atoms with van der Waals surface area (Å²) in [5, 5.41) is 9.40. The molecular weight excluding hydrogens is 537 g/mol. The number of benzene rings is 2. The first kappa shape index (κ1) is 27.7. The zero-order chi connectivity index (χ0) is 25.6. The lowest BCUT2D eigenvalue weighted by atomic mass is 9.83. The molecule has 5 rings (SSSR count). The Bertz CT molecular complexity index is 1280. The molecule has 1 aliphatic carbocycles. The Morgan fingerprint density at radius 2 is 1.78 bits per heavy atom. The number of carboxylic acids is 1. The van der Waals surface area contributed by atoms with E-state index < -0.39 is 22.6 Å². The van der Waals surface area contributed by atoms with Crippen molar-refractivity contribution in [2.24, 2.45) is 5.92 Å². The van der Waals surface area contributed by atoms with Crippen molar-refractivity contribution in [3.05, 3.63) is 59.2 Å². The van der Waals surface area contributed by atoms with E-state index in [1.807, 2.05) is 35.2 Å². The predicted molar refractivity (Wildman–Crippen MR) is 151 cm³/mol. The number of nitrogens with two attached hydrogens (primary N) is 1. The van der Waals surface area contributed by atoms with E-state index >= 15 is 4.39 Å². The Morgan fingerprint density at radius 1 is 1.11 bits per heavy atom. The van der Waals surface area contributed by atoms with Crippen LogP contribution in [-0.2, 0) is 0 Å². The van der Waals surface area contributed by atoms with Gasteiger partial charge in [-0.05, 0) is 43.0 Å². The van der Waals surface area contributed by atoms with Crippen LogP contribution in [0.1, 0.15) is 41.8 Å². The maximum Gasteiger partial charge on any atom is 0.348 e. The van der Waals surface area contributed by atoms with Gasteiger partial charge in [0.25, 0.3) is 0 Å². The number of anilines is 3. The van der Waals surface area contributed by atoms with Crippen LogP contribution in [0.4, 0.5) is 21.5 Å². The summed E-state index contributed by atoms with van der Waals surface area (Å²) in [4.78, 5) is 13.9. The summed E-state index contributed by atoms with van der Waals surface area (Å²) >= 11 is 0.866. The second kappa shape index (κ2) is 10.8. The van der Waals surface area contributed by atoms with E-state index in [-0.39, 0.29) is 45.4 Å². The summed E-state index contributed by atoms with van der Waals surface area (Å²) < 4.78 is 40.6. The number of nitrogens with zero attached hydrogens (tertiary/aromatic N) is 2. The molecule has 0 amide bonds. The van der Waals surface area contributed by atoms with Crippen molar-refractivity contribution >= 4 is 57.6 Å². The minimum Gasteiger partial charge on any atom is -0.477 e. The quantitative estimate of drug-likeness (QED) is 0.261. The highest BCUT2D eigenvalue weighted by atomic mass is 35.5. The number of halogens is 2. The molecule has 0 spiro atoms. The highest BCUT2D eigenvalue weighted by molar-refractivity contribution is 8.22. The van der Waals surface area contributed by atoms with Gasteiger partial charge in [0.15, 0.2) is 0 Å². The molecule has 3 aromatic rings. The number of carboxylic acid groups (broad SMARTS) is 1. The lowest BCUT2D eigenvalue weighted by molar-refractivity contribution is 0.0703. The van der Waals surface area contributed by atoms with Gasteiger partial charge < -0.3 is 15.7 Å². The first-order valence-electron chi connectivity index (χ1n) is 12.0. The minimum absolute atomic E-state index is 0. The molecule has 1 saturated carbocycles. The average Bonchev–Trinajstić information content (AvgIpc) is 3.23. The summed E-state index contributed by atoms with van der Waals surface area (Å²) in [5.41, 5.74) is 7.24. The standard InChI is InChI=1S/C26H30FN3O4S2.ClH/c1-29-22(16-8-4-2-5-9-16)15-30(17-10-6-3-7-11-17)21-13-19(27)18(12-24(21)36(29,33)34)23-14-20(28)25(35-23)26(31)32;/h3,6-7,10-14,16,22,33-34H,2,4-5,8-9,15,28H2,1H3,(H,31,32);1H. The van der Waals surface area contributed by atoms with Gasteiger partial charge in [-0.15, -0.1) is 34.5 Å². The van der Waals surface area contributed by atoms with Crippen LogP contribution >= 0.6 is 34.5 Å². The third kappa shape index (κ3) is 5.06. The van der Waals surface area contributed by atoms with Gasteiger partial charge in [0.1, 0.15) is 10.7 Å². The number of fused-ring (bicyclic) bond motifs is 1. The normalized spacial score (nSPS) is 21.0. The van der Waals surface area contributed by atoms with Crippen molar-refractivity contribution in [2.75, 3.05) is 24.2 Å². The third-order valence-corrected chi connectivity index (χ3v) is 10.5. The molecule has 5 N–H and O–H groups in total. The molecule has 37 heavy (non-hydrogen) atoms. The summed E-state index contributed by atoms with van der Waals surface area (Å²) in [6.07, 6.45) is 5.42. The fourth-order valence-corrected chi connectivity index (χ4v) is 8.02. The molecule has 0 radical (unpaired) electrons. The first-order chi connectivity index (χ1) is 17.2. The van der Waals surface area contributed by atoms with E-state index in [4.69, 9.17) is 5.73 Å². The first-order valence-corrected chi connectivity index (χ1v) is 14.3. The van der Waals surface area contributed by atoms with Gasteiger partial charge in [0.05, 0.1) is 16.3 Å². The molecule has 1 unspecified atom stereocenters. The van der Waals surface area contributed by atoms with Crippen molar-refractivity contribution in [3.8, 4) is 10.4 Å². The predicted octanol–water partition coefficient (Wildman–Crippen LogP) is 7.31. The van der Waals surface area contributed by atoms with Crippen molar-refractivity contribution in [1.82, 2.24) is 4.31 Å². The largest absolute Gasteiger partial charge is 0.477 e. The molecular formula is C26H31ClFN3O4S2. The van der Waals surface area contributed by atoms with Crippen molar-refractivity contribution < 1.29 is 23.4 Å². The van der Waals surface area contributed by atoms with Gasteiger partial charge in [-0.25, -0.2) is 9.18 Å². The molecule has 1 aliphatic heterocycles. The molecule has 1 aromatic heterocycles. The summed E-state index contributed by atoms with van der Waals surface area (Å²) in [6.45, 7) is 0.488. The Labute approximate surface area is 227 Å². The van der Waals surface area contributed by atoms with Crippen molar-refractivity contribution in [2.45, 2.75) is 43.0 Å². The number of likely N-dealkylation sites (N-methyl/N-ethyl adjacent to an activating group) is 1. The van der Waals surface area contributed by atoms with Gasteiger partial charge in [-0.3, -0.25) is 9.11 Å². The van der Waals surface area contributed by atoms with Gasteiger partial charge in [-0.2, -0.15) is 4.31 Å². The van der Waals surface area contributed by atoms with E-state index in [1.54, 1.807) is 11.4 Å². The molecule has 0 saturated heterocycles. The molecule has 2 aromatic carbocycles. The molecule has 1 atom stereocenters. The van der Waals surface area contributed by atoms with E-state index in [2.05, 4.69) is 0 Å². The number of hydrogen-bond acceptors (Lipinski definition) is 7. The average molecular weight is 568 g/mol. The second-order valence-corrected chi connectivity index (χ2v) is 12.6. The molecule has 1 fully saturated rings. The van der Waals surface area contributed by atoms with Crippen LogP contribution in [0.5, 0.6) is 0 Å². The summed E-state index contributed by atoms with van der Waals surface area (Å²) in [5.74, 6) is -1.48. The fourth-order valence-electron chi connectivity index (χ4n) is 5.43. The SMILES string of the molecule is CN1C(C2CCCCC2)CN(c2ccccc2)c2cc(F)c(-c3cc(N)c(C(=O)O)s3)cc2S1(O)O.Cl. The monoisotopic (exact) mass is 567 g/mol. The Morgan fingerprint density at radius 3 is 2.41 bits per heavy atom. The van der Waals surface area contributed by atoms with E-state index in [9.17, 15) is 19.0 Å². The minimum atomic E-state index is -3.48. The van der Waals surface area contributed by atoms with Crippen LogP contribution in [0, 0.1) is 11.7 Å². The number of hydrogen-bond donors (Lipinski definition) is 4. The Hall–Kier alpha value is -2.34. The van der Waals surface area contributed by atoms with Crippen LogP contribution in [-0.4, -0.2) is 44.1 Å². The van der Waals surface area contributed by atoms with Crippen LogP contribution in [0.2, 0.25) is 0 Å². The number of nitrogen functional groups attached to an aromatic ring is 1. The third-order valence-electron chi connectivity index (χ3n) is 7.36. The smallest absolute Gasteiger partial charge is 0.348 e. The van der Waals surface area contributed by atoms with E-state index in [0.29, 0.717) is 17.1 Å². The van der Waals surface area contributed by atoms with Gasteiger partial charge >= 0.3 is 5.97 Å². The van der Waals surface area contributed by atoms with Gasteiger partial charge in [0, 0.05) is 41.8 Å². The van der Waals surface area contributed by atoms with Crippen LogP contribution in [0.15, 0.2) is 53.4 Å². The molecule has 2 heterocycles. The maximum absolute atomic E-state index is 15.7. The zero-order valence-corrected chi connectivity index (χ0v) is 22.8. The van der Waals surface area contributed by atoms with Gasteiger partial charge in [0.2, 0.25) is 0 Å². The maximum atomic E-state index is 15.7. The van der Waals surface area contributed by atoms with E-state index in [0.717, 1.165) is 42.7 Å². The van der Waals surface area contributed by atoms with Crippen LogP contribution in [0.3, 0.4) is 0 Å². The summed E-state index contributed by atoms with van der Waals surface area (Å²) in [7, 11) is -1.74. The highest BCUT2D eigenvalue weighted by Gasteiger charge is 2.41. The van der Waals surface area contributed by atoms with Crippen LogP contribution < -0.4 is 10.6 Å². The highest BCUT2D eigenvalue weighted by Crippen LogP contribution is 2.60. The Kier molecular flexibility index (Phi) is 8.08. The lowest BCUT2D eigenvalue weighted by Gasteiger charge is -2.46. The molecule has 200 valence electrons. The molecule has 7 nitrogen and oxygen atoms in total. The number of carbonyl (C=O) groups is 1. The molecule has 0 bridgehead atoms. The number of rotatable bonds is 4. The van der Waals surface area contributed by atoms with E-state index in [1.165, 1.54) is 24.6 Å². The number of para-hydroxylation sites is 1. The molecule has 11 heteroatoms. The number of thiophene rings is 1. The second-order valence-electron chi connectivity index (χ2n) is 9.48. The van der Waals surface area contributed by atoms with Gasteiger partial charge in [-0.1, -0.05) is 37.5 Å². The van der Waals surface area contributed by atoms with Crippen molar-refractivity contribution in [1.29, 1.82) is 0 Å². The summed E-state index contributed by atoms with van der Waals surface area (Å²) in [6, 6.07) is 13.6. The van der Waals surface area contributed by atoms with Crippen molar-refractivity contribution in [3.63, 3.8) is 0 Å². The molecule has 2 aliphatic rings. The number of aromatic carboxylic acids is 1. The fraction of sp³-hybridized carbons (Fsp3) is 0.346. The zero-order valence-electron chi connectivity index (χ0n) is 20.3.